The van der Waals surface area contributed by atoms with Gasteiger partial charge in [0, 0.05) is 18.0 Å². The lowest BCUT2D eigenvalue weighted by Crippen LogP contribution is -2.21. The zero-order valence-electron chi connectivity index (χ0n) is 15.1. The van der Waals surface area contributed by atoms with Crippen molar-refractivity contribution in [2.24, 2.45) is 5.10 Å². The molecule has 27 heavy (non-hydrogen) atoms. The molecule has 0 aliphatic carbocycles. The number of hydrogen-bond donors (Lipinski definition) is 0. The molecule has 0 N–H and O–H groups in total. The minimum absolute atomic E-state index is 0.195. The van der Waals surface area contributed by atoms with Gasteiger partial charge in [0.25, 0.3) is 5.56 Å². The lowest BCUT2D eigenvalue weighted by molar-refractivity contribution is 0.823. The van der Waals surface area contributed by atoms with Gasteiger partial charge < -0.3 is 0 Å². The van der Waals surface area contributed by atoms with Gasteiger partial charge in [-0.05, 0) is 43.7 Å². The summed E-state index contributed by atoms with van der Waals surface area (Å²) in [7, 11) is 0. The Kier molecular flexibility index (Phi) is 4.34. The Morgan fingerprint density at radius 3 is 2.56 bits per heavy atom. The van der Waals surface area contributed by atoms with Gasteiger partial charge in [-0.1, -0.05) is 42.0 Å². The topological polar surface area (TPSA) is 60.1 Å². The first-order valence-corrected chi connectivity index (χ1v) is 8.68. The standard InChI is InChI=1S/C22H18N4O/c1-15-6-5-7-18(14-15)16(2)25-26-21(17-10-12-23-13-11-17)24-20-9-4-3-8-19(20)22(26)27/h3-14H,1-2H3. The van der Waals surface area contributed by atoms with Crippen molar-refractivity contribution in [1.82, 2.24) is 14.6 Å². The molecule has 0 saturated carbocycles. The van der Waals surface area contributed by atoms with Gasteiger partial charge in [0.2, 0.25) is 0 Å². The molecule has 2 aromatic heterocycles. The highest BCUT2D eigenvalue weighted by Gasteiger charge is 2.13. The monoisotopic (exact) mass is 354 g/mol. The third kappa shape index (κ3) is 3.27. The number of aryl methyl sites for hydroxylation is 1. The lowest BCUT2D eigenvalue weighted by Gasteiger charge is -2.11. The highest BCUT2D eigenvalue weighted by atomic mass is 16.1. The Morgan fingerprint density at radius 1 is 1.00 bits per heavy atom. The Hall–Kier alpha value is -3.60. The average Bonchev–Trinajstić information content (AvgIpc) is 2.70. The number of benzene rings is 2. The Balaban J connectivity index is 1.99. The predicted molar refractivity (Wildman–Crippen MR) is 108 cm³/mol. The summed E-state index contributed by atoms with van der Waals surface area (Å²) in [5.74, 6) is 0.494. The van der Waals surface area contributed by atoms with Crippen LogP contribution in [0.4, 0.5) is 0 Å². The maximum Gasteiger partial charge on any atom is 0.282 e. The van der Waals surface area contributed by atoms with Gasteiger partial charge in [-0.3, -0.25) is 9.78 Å². The van der Waals surface area contributed by atoms with Crippen molar-refractivity contribution in [1.29, 1.82) is 0 Å². The summed E-state index contributed by atoms with van der Waals surface area (Å²) in [6.45, 7) is 3.93. The largest absolute Gasteiger partial charge is 0.282 e. The summed E-state index contributed by atoms with van der Waals surface area (Å²) >= 11 is 0. The Morgan fingerprint density at radius 2 is 1.78 bits per heavy atom. The lowest BCUT2D eigenvalue weighted by atomic mass is 10.1. The van der Waals surface area contributed by atoms with Crippen LogP contribution in [-0.4, -0.2) is 20.4 Å². The molecule has 132 valence electrons. The first-order chi connectivity index (χ1) is 13.1. The molecule has 2 aromatic carbocycles. The summed E-state index contributed by atoms with van der Waals surface area (Å²) in [6.07, 6.45) is 3.36. The fourth-order valence-corrected chi connectivity index (χ4v) is 2.98. The van der Waals surface area contributed by atoms with Crippen LogP contribution in [0, 0.1) is 6.92 Å². The number of fused-ring (bicyclic) bond motifs is 1. The second kappa shape index (κ2) is 6.96. The zero-order valence-corrected chi connectivity index (χ0v) is 15.1. The van der Waals surface area contributed by atoms with Gasteiger partial charge in [0.15, 0.2) is 5.82 Å². The predicted octanol–water partition coefficient (Wildman–Crippen LogP) is 4.04. The fourth-order valence-electron chi connectivity index (χ4n) is 2.98. The van der Waals surface area contributed by atoms with Gasteiger partial charge >= 0.3 is 0 Å². The molecule has 0 fully saturated rings. The van der Waals surface area contributed by atoms with Gasteiger partial charge in [-0.2, -0.15) is 9.78 Å². The molecule has 4 rings (SSSR count). The van der Waals surface area contributed by atoms with E-state index < -0.39 is 0 Å². The van der Waals surface area contributed by atoms with Crippen molar-refractivity contribution in [2.45, 2.75) is 13.8 Å². The fraction of sp³-hybridized carbons (Fsp3) is 0.0909. The molecule has 0 saturated heterocycles. The number of para-hydroxylation sites is 1. The Labute approximate surface area is 156 Å². The molecular formula is C22H18N4O. The van der Waals surface area contributed by atoms with E-state index in [4.69, 9.17) is 4.98 Å². The highest BCUT2D eigenvalue weighted by molar-refractivity contribution is 5.99. The van der Waals surface area contributed by atoms with Gasteiger partial charge in [-0.15, -0.1) is 0 Å². The second-order valence-corrected chi connectivity index (χ2v) is 6.36. The number of nitrogens with zero attached hydrogens (tertiary/aromatic N) is 4. The van der Waals surface area contributed by atoms with Crippen LogP contribution in [0.2, 0.25) is 0 Å². The summed E-state index contributed by atoms with van der Waals surface area (Å²) in [4.78, 5) is 21.9. The van der Waals surface area contributed by atoms with Crippen LogP contribution in [-0.2, 0) is 0 Å². The number of rotatable bonds is 3. The minimum atomic E-state index is -0.195. The smallest absolute Gasteiger partial charge is 0.267 e. The van der Waals surface area contributed by atoms with Crippen LogP contribution < -0.4 is 5.56 Å². The van der Waals surface area contributed by atoms with Crippen molar-refractivity contribution < 1.29 is 0 Å². The highest BCUT2D eigenvalue weighted by Crippen LogP contribution is 2.18. The van der Waals surface area contributed by atoms with Crippen molar-refractivity contribution >= 4 is 16.6 Å². The van der Waals surface area contributed by atoms with Gasteiger partial charge in [0.1, 0.15) is 0 Å². The van der Waals surface area contributed by atoms with Crippen LogP contribution in [0.25, 0.3) is 22.3 Å². The maximum absolute atomic E-state index is 13.2. The van der Waals surface area contributed by atoms with Crippen molar-refractivity contribution in [3.05, 3.63) is 94.5 Å². The van der Waals surface area contributed by atoms with Crippen molar-refractivity contribution in [2.75, 3.05) is 0 Å². The van der Waals surface area contributed by atoms with E-state index in [1.54, 1.807) is 18.5 Å². The van der Waals surface area contributed by atoms with Crippen LogP contribution in [0.15, 0.2) is 83.0 Å². The second-order valence-electron chi connectivity index (χ2n) is 6.36. The third-order valence-electron chi connectivity index (χ3n) is 4.38. The van der Waals surface area contributed by atoms with Gasteiger partial charge in [0.05, 0.1) is 16.6 Å². The molecular weight excluding hydrogens is 336 g/mol. The van der Waals surface area contributed by atoms with Crippen LogP contribution in [0.1, 0.15) is 18.1 Å². The molecule has 2 heterocycles. The van der Waals surface area contributed by atoms with E-state index in [0.717, 1.165) is 22.4 Å². The van der Waals surface area contributed by atoms with Gasteiger partial charge in [-0.25, -0.2) is 4.98 Å². The molecule has 0 atom stereocenters. The molecule has 0 spiro atoms. The molecule has 5 nitrogen and oxygen atoms in total. The summed E-state index contributed by atoms with van der Waals surface area (Å²) in [6, 6.07) is 19.0. The minimum Gasteiger partial charge on any atom is -0.267 e. The van der Waals surface area contributed by atoms with Crippen LogP contribution in [0.3, 0.4) is 0 Å². The Bertz CT molecular complexity index is 1210. The summed E-state index contributed by atoms with van der Waals surface area (Å²) in [5.41, 5.74) is 4.09. The van der Waals surface area contributed by atoms with Crippen molar-refractivity contribution in [3.63, 3.8) is 0 Å². The molecule has 5 heteroatoms. The summed E-state index contributed by atoms with van der Waals surface area (Å²) in [5, 5.41) is 5.17. The first-order valence-electron chi connectivity index (χ1n) is 8.68. The first kappa shape index (κ1) is 16.8. The number of pyridine rings is 1. The molecule has 0 radical (unpaired) electrons. The molecule has 4 aromatic rings. The normalized spacial score (nSPS) is 11.7. The molecule has 0 aliphatic heterocycles. The molecule has 0 bridgehead atoms. The van der Waals surface area contributed by atoms with E-state index in [1.807, 2.05) is 68.4 Å². The third-order valence-corrected chi connectivity index (χ3v) is 4.38. The van der Waals surface area contributed by atoms with E-state index in [0.29, 0.717) is 16.7 Å². The van der Waals surface area contributed by atoms with Crippen LogP contribution in [0.5, 0.6) is 0 Å². The zero-order chi connectivity index (χ0) is 18.8. The number of hydrogen-bond acceptors (Lipinski definition) is 4. The summed E-state index contributed by atoms with van der Waals surface area (Å²) < 4.78 is 1.38. The average molecular weight is 354 g/mol. The van der Waals surface area contributed by atoms with E-state index >= 15 is 0 Å². The van der Waals surface area contributed by atoms with E-state index in [9.17, 15) is 4.79 Å². The van der Waals surface area contributed by atoms with E-state index in [2.05, 4.69) is 10.1 Å². The van der Waals surface area contributed by atoms with E-state index in [1.165, 1.54) is 4.68 Å². The quantitative estimate of drug-likeness (QED) is 0.522. The SMILES string of the molecule is CC(=Nn1c(-c2ccncc2)nc2ccccc2c1=O)c1cccc(C)c1. The maximum atomic E-state index is 13.2. The van der Waals surface area contributed by atoms with Crippen molar-refractivity contribution in [3.8, 4) is 11.4 Å². The molecule has 0 unspecified atom stereocenters. The van der Waals surface area contributed by atoms with E-state index in [-0.39, 0.29) is 5.56 Å². The molecule has 0 amide bonds. The van der Waals surface area contributed by atoms with Crippen LogP contribution >= 0.6 is 0 Å². The number of aromatic nitrogens is 3. The molecule has 0 aliphatic rings.